The van der Waals surface area contributed by atoms with Gasteiger partial charge in [0.15, 0.2) is 23.0 Å². The van der Waals surface area contributed by atoms with Crippen LogP contribution in [0.4, 0.5) is 0 Å². The maximum absolute atomic E-state index is 10.1. The van der Waals surface area contributed by atoms with Gasteiger partial charge in [-0.05, 0) is 62.9 Å². The van der Waals surface area contributed by atoms with Crippen LogP contribution in [0.15, 0.2) is 30.3 Å². The van der Waals surface area contributed by atoms with Crippen molar-refractivity contribution in [3.63, 3.8) is 0 Å². The molecular formula is C27H34N2O5. The fourth-order valence-electron chi connectivity index (χ4n) is 5.16. The summed E-state index contributed by atoms with van der Waals surface area (Å²) in [5.41, 5.74) is 1.67. The first-order chi connectivity index (χ1) is 16.5. The second kappa shape index (κ2) is 10.0. The van der Waals surface area contributed by atoms with Gasteiger partial charge in [-0.25, -0.2) is 0 Å². The third-order valence-corrected chi connectivity index (χ3v) is 7.29. The van der Waals surface area contributed by atoms with Gasteiger partial charge in [0.1, 0.15) is 5.41 Å². The van der Waals surface area contributed by atoms with Gasteiger partial charge in [0.25, 0.3) is 6.29 Å². The molecule has 2 unspecified atom stereocenters. The molecule has 0 spiro atoms. The van der Waals surface area contributed by atoms with Crippen LogP contribution in [0.2, 0.25) is 0 Å². The van der Waals surface area contributed by atoms with Gasteiger partial charge in [0, 0.05) is 18.2 Å². The molecule has 2 heterocycles. The average Bonchev–Trinajstić information content (AvgIpc) is 3.30. The molecule has 0 aromatic heterocycles. The molecule has 2 atom stereocenters. The van der Waals surface area contributed by atoms with E-state index < -0.39 is 11.7 Å². The lowest BCUT2D eigenvalue weighted by atomic mass is 9.79. The van der Waals surface area contributed by atoms with Crippen LogP contribution in [-0.4, -0.2) is 45.6 Å². The Bertz CT molecular complexity index is 1040. The lowest BCUT2D eigenvalue weighted by molar-refractivity contribution is -0.0458. The average molecular weight is 467 g/mol. The highest BCUT2D eigenvalue weighted by molar-refractivity contribution is 5.60. The van der Waals surface area contributed by atoms with Gasteiger partial charge in [-0.15, -0.1) is 0 Å². The molecule has 182 valence electrons. The monoisotopic (exact) mass is 466 g/mol. The van der Waals surface area contributed by atoms with Gasteiger partial charge in [-0.2, -0.15) is 5.26 Å². The topological polar surface area (TPSA) is 73.2 Å². The minimum Gasteiger partial charge on any atom is -0.493 e. The van der Waals surface area contributed by atoms with Crippen molar-refractivity contribution in [3.05, 3.63) is 41.5 Å². The van der Waals surface area contributed by atoms with Gasteiger partial charge < -0.3 is 23.7 Å². The van der Waals surface area contributed by atoms with E-state index in [2.05, 4.69) is 24.1 Å². The first-order valence-corrected chi connectivity index (χ1v) is 11.8. The van der Waals surface area contributed by atoms with E-state index in [0.29, 0.717) is 41.9 Å². The second-order valence-electron chi connectivity index (χ2n) is 9.08. The molecule has 7 heteroatoms. The summed E-state index contributed by atoms with van der Waals surface area (Å²) < 4.78 is 28.9. The van der Waals surface area contributed by atoms with Gasteiger partial charge in [0.2, 0.25) is 5.75 Å². The van der Waals surface area contributed by atoms with Gasteiger partial charge >= 0.3 is 0 Å². The van der Waals surface area contributed by atoms with E-state index in [1.165, 1.54) is 5.56 Å². The Morgan fingerprint density at radius 2 is 1.76 bits per heavy atom. The van der Waals surface area contributed by atoms with E-state index in [4.69, 9.17) is 23.7 Å². The fourth-order valence-corrected chi connectivity index (χ4v) is 5.16. The molecule has 0 aliphatic carbocycles. The Morgan fingerprint density at radius 3 is 2.32 bits per heavy atom. The van der Waals surface area contributed by atoms with Gasteiger partial charge in [-0.1, -0.05) is 19.1 Å². The zero-order valence-corrected chi connectivity index (χ0v) is 20.7. The van der Waals surface area contributed by atoms with E-state index in [-0.39, 0.29) is 0 Å². The fraction of sp³-hybridized carbons (Fsp3) is 0.519. The minimum atomic E-state index is -0.691. The molecule has 0 fully saturated rings. The van der Waals surface area contributed by atoms with Crippen molar-refractivity contribution in [1.29, 1.82) is 5.26 Å². The lowest BCUT2D eigenvalue weighted by Crippen LogP contribution is -2.41. The molecule has 0 N–H and O–H groups in total. The third-order valence-electron chi connectivity index (χ3n) is 7.29. The molecule has 2 aromatic carbocycles. The summed E-state index contributed by atoms with van der Waals surface area (Å²) in [7, 11) is 7.09. The molecule has 2 aliphatic rings. The van der Waals surface area contributed by atoms with Crippen molar-refractivity contribution in [3.8, 4) is 34.8 Å². The van der Waals surface area contributed by atoms with Crippen LogP contribution in [0, 0.1) is 16.7 Å². The number of hydrogen-bond acceptors (Lipinski definition) is 7. The molecule has 4 rings (SSSR count). The molecular weight excluding hydrogens is 432 g/mol. The zero-order valence-electron chi connectivity index (χ0n) is 20.7. The van der Waals surface area contributed by atoms with Crippen molar-refractivity contribution >= 4 is 0 Å². The van der Waals surface area contributed by atoms with Crippen LogP contribution < -0.4 is 23.7 Å². The predicted molar refractivity (Wildman–Crippen MR) is 129 cm³/mol. The summed E-state index contributed by atoms with van der Waals surface area (Å²) in [6.45, 7) is 2.80. The van der Waals surface area contributed by atoms with Crippen LogP contribution in [-0.2, 0) is 13.0 Å². The van der Waals surface area contributed by atoms with Crippen LogP contribution in [0.25, 0.3) is 0 Å². The number of ether oxygens (including phenoxy) is 5. The summed E-state index contributed by atoms with van der Waals surface area (Å²) in [5, 5.41) is 10.1. The lowest BCUT2D eigenvalue weighted by Gasteiger charge is -2.36. The van der Waals surface area contributed by atoms with E-state index in [9.17, 15) is 5.26 Å². The normalized spacial score (nSPS) is 19.1. The molecule has 0 saturated heterocycles. The molecule has 0 bridgehead atoms. The van der Waals surface area contributed by atoms with Crippen molar-refractivity contribution < 1.29 is 23.7 Å². The number of benzene rings is 2. The Balaban J connectivity index is 1.46. The quantitative estimate of drug-likeness (QED) is 0.517. The summed E-state index contributed by atoms with van der Waals surface area (Å²) in [4.78, 5) is 2.36. The Morgan fingerprint density at radius 1 is 1.09 bits per heavy atom. The molecule has 0 radical (unpaired) electrons. The SMILES string of the molecule is CCC(C#N)(CCCC1Cc2cc(OC)c(OC)c(OC)c2CN1C)C1Oc2ccccc2O1. The minimum absolute atomic E-state index is 0.353. The summed E-state index contributed by atoms with van der Waals surface area (Å²) in [6, 6.07) is 12.6. The number of nitriles is 1. The number of likely N-dealkylation sites (N-methyl/N-ethyl adjacent to an activating group) is 1. The van der Waals surface area contributed by atoms with Gasteiger partial charge in [0.05, 0.1) is 27.4 Å². The standard InChI is InChI=1S/C27H34N2O5/c1-6-27(17-28,26-33-21-11-7-8-12-22(21)34-26)13-9-10-19-14-18-15-23(30-3)25(32-5)24(31-4)20(18)16-29(19)2/h7-8,11-12,15,19,26H,6,9-10,13-14,16H2,1-5H3. The van der Waals surface area contributed by atoms with Crippen LogP contribution in [0.3, 0.4) is 0 Å². The number of fused-ring (bicyclic) bond motifs is 2. The Labute approximate surface area is 202 Å². The van der Waals surface area contributed by atoms with Crippen LogP contribution in [0.1, 0.15) is 43.7 Å². The number of para-hydroxylation sites is 2. The zero-order chi connectivity index (χ0) is 24.3. The van der Waals surface area contributed by atoms with E-state index in [1.807, 2.05) is 31.2 Å². The summed E-state index contributed by atoms with van der Waals surface area (Å²) >= 11 is 0. The summed E-state index contributed by atoms with van der Waals surface area (Å²) in [6.07, 6.45) is 3.55. The number of methoxy groups -OCH3 is 3. The third kappa shape index (κ3) is 4.23. The smallest absolute Gasteiger partial charge is 0.259 e. The molecule has 7 nitrogen and oxygen atoms in total. The summed E-state index contributed by atoms with van der Waals surface area (Å²) in [5.74, 6) is 3.48. The van der Waals surface area contributed by atoms with Crippen molar-refractivity contribution in [2.24, 2.45) is 5.41 Å². The highest BCUT2D eigenvalue weighted by atomic mass is 16.7. The number of rotatable bonds is 9. The van der Waals surface area contributed by atoms with Crippen LogP contribution >= 0.6 is 0 Å². The molecule has 0 amide bonds. The van der Waals surface area contributed by atoms with Crippen LogP contribution in [0.5, 0.6) is 28.7 Å². The van der Waals surface area contributed by atoms with Crippen molar-refractivity contribution in [2.45, 2.75) is 57.9 Å². The predicted octanol–water partition coefficient (Wildman–Crippen LogP) is 4.96. The first-order valence-electron chi connectivity index (χ1n) is 11.8. The molecule has 34 heavy (non-hydrogen) atoms. The first kappa shape index (κ1) is 24.0. The Kier molecular flexibility index (Phi) is 7.08. The molecule has 0 saturated carbocycles. The van der Waals surface area contributed by atoms with Gasteiger partial charge in [-0.3, -0.25) is 4.90 Å². The Hall–Kier alpha value is -3.11. The second-order valence-corrected chi connectivity index (χ2v) is 9.08. The highest BCUT2D eigenvalue weighted by Crippen LogP contribution is 2.46. The molecule has 2 aliphatic heterocycles. The number of hydrogen-bond donors (Lipinski definition) is 0. The van der Waals surface area contributed by atoms with E-state index in [1.54, 1.807) is 21.3 Å². The van der Waals surface area contributed by atoms with Crippen molar-refractivity contribution in [1.82, 2.24) is 4.90 Å². The highest BCUT2D eigenvalue weighted by Gasteiger charge is 2.45. The van der Waals surface area contributed by atoms with E-state index in [0.717, 1.165) is 37.1 Å². The van der Waals surface area contributed by atoms with E-state index >= 15 is 0 Å². The van der Waals surface area contributed by atoms with Crippen molar-refractivity contribution in [2.75, 3.05) is 28.4 Å². The largest absolute Gasteiger partial charge is 0.493 e. The molecule has 2 aromatic rings. The number of nitrogens with zero attached hydrogens (tertiary/aromatic N) is 2. The maximum Gasteiger partial charge on any atom is 0.259 e. The maximum atomic E-state index is 10.1.